The number of carbonyl (C=O) groups is 2. The fourth-order valence-electron chi connectivity index (χ4n) is 0.898. The van der Waals surface area contributed by atoms with E-state index in [9.17, 15) is 9.59 Å². The van der Waals surface area contributed by atoms with E-state index < -0.39 is 24.0 Å². The molecule has 0 heterocycles. The van der Waals surface area contributed by atoms with Crippen LogP contribution in [0, 0.1) is 0 Å². The largest absolute Gasteiger partial charge is 0.481 e. The summed E-state index contributed by atoms with van der Waals surface area (Å²) in [6.07, 6.45) is 1.10. The van der Waals surface area contributed by atoms with Crippen molar-refractivity contribution < 1.29 is 29.6 Å². The number of hydrogen-bond donors (Lipinski definition) is 2. The topological polar surface area (TPSA) is 93.1 Å². The molecule has 0 aliphatic carbocycles. The molecule has 0 aliphatic heterocycles. The standard InChI is InChI=1S/C11H18O6/c1-11(2,3)17-16-6-4-5-8(10(14)15)7-9(12)13/h5H,4,6-7H2,1-3H3,(H,12,13)(H,14,15). The van der Waals surface area contributed by atoms with Gasteiger partial charge in [-0.3, -0.25) is 4.79 Å². The lowest BCUT2D eigenvalue weighted by atomic mass is 10.1. The predicted molar refractivity (Wildman–Crippen MR) is 59.4 cm³/mol. The van der Waals surface area contributed by atoms with Crippen molar-refractivity contribution in [3.05, 3.63) is 11.6 Å². The summed E-state index contributed by atoms with van der Waals surface area (Å²) in [6, 6.07) is 0. The first kappa shape index (κ1) is 15.6. The molecule has 0 saturated heterocycles. The first-order valence-electron chi connectivity index (χ1n) is 5.17. The van der Waals surface area contributed by atoms with E-state index in [1.54, 1.807) is 0 Å². The van der Waals surface area contributed by atoms with E-state index in [1.807, 2.05) is 20.8 Å². The molecule has 0 radical (unpaired) electrons. The summed E-state index contributed by atoms with van der Waals surface area (Å²) in [5.74, 6) is -2.41. The SMILES string of the molecule is CC(C)(C)OOCCC=C(CC(=O)O)C(=O)O. The molecule has 6 heteroatoms. The molecule has 0 aromatic rings. The minimum absolute atomic E-state index is 0.156. The molecule has 0 rings (SSSR count). The maximum Gasteiger partial charge on any atom is 0.331 e. The van der Waals surface area contributed by atoms with Gasteiger partial charge >= 0.3 is 11.9 Å². The Morgan fingerprint density at radius 3 is 2.24 bits per heavy atom. The van der Waals surface area contributed by atoms with Crippen molar-refractivity contribution in [1.82, 2.24) is 0 Å². The van der Waals surface area contributed by atoms with Crippen LogP contribution in [0.25, 0.3) is 0 Å². The summed E-state index contributed by atoms with van der Waals surface area (Å²) < 4.78 is 0. The first-order valence-corrected chi connectivity index (χ1v) is 5.17. The zero-order valence-electron chi connectivity index (χ0n) is 10.2. The molecule has 0 amide bonds. The van der Waals surface area contributed by atoms with E-state index in [-0.39, 0.29) is 18.6 Å². The molecule has 0 spiro atoms. The Morgan fingerprint density at radius 1 is 1.24 bits per heavy atom. The lowest BCUT2D eigenvalue weighted by Crippen LogP contribution is -2.19. The van der Waals surface area contributed by atoms with Gasteiger partial charge in [-0.2, -0.15) is 0 Å². The average molecular weight is 246 g/mol. The second kappa shape index (κ2) is 7.03. The lowest BCUT2D eigenvalue weighted by molar-refractivity contribution is -0.347. The van der Waals surface area contributed by atoms with Gasteiger partial charge in [0.1, 0.15) is 0 Å². The zero-order chi connectivity index (χ0) is 13.5. The third-order valence-corrected chi connectivity index (χ3v) is 1.52. The second-order valence-corrected chi connectivity index (χ2v) is 4.41. The molecule has 6 nitrogen and oxygen atoms in total. The van der Waals surface area contributed by atoms with Gasteiger partial charge in [0.05, 0.1) is 18.6 Å². The van der Waals surface area contributed by atoms with Gasteiger partial charge in [-0.05, 0) is 27.2 Å². The van der Waals surface area contributed by atoms with Crippen LogP contribution in [0.5, 0.6) is 0 Å². The summed E-state index contributed by atoms with van der Waals surface area (Å²) >= 11 is 0. The molecular weight excluding hydrogens is 228 g/mol. The number of carboxylic acids is 2. The highest BCUT2D eigenvalue weighted by atomic mass is 17.2. The van der Waals surface area contributed by atoms with Gasteiger partial charge in [-0.1, -0.05) is 6.08 Å². The van der Waals surface area contributed by atoms with Crippen LogP contribution >= 0.6 is 0 Å². The van der Waals surface area contributed by atoms with Crippen LogP contribution in [0.3, 0.4) is 0 Å². The quantitative estimate of drug-likeness (QED) is 0.307. The Morgan fingerprint density at radius 2 is 1.82 bits per heavy atom. The number of rotatable bonds is 7. The van der Waals surface area contributed by atoms with Gasteiger partial charge in [0.2, 0.25) is 0 Å². The highest BCUT2D eigenvalue weighted by Gasteiger charge is 2.12. The van der Waals surface area contributed by atoms with Crippen LogP contribution in [0.15, 0.2) is 11.6 Å². The number of hydrogen-bond acceptors (Lipinski definition) is 4. The van der Waals surface area contributed by atoms with Crippen molar-refractivity contribution >= 4 is 11.9 Å². The summed E-state index contributed by atoms with van der Waals surface area (Å²) in [7, 11) is 0. The van der Waals surface area contributed by atoms with E-state index in [0.29, 0.717) is 0 Å². The zero-order valence-corrected chi connectivity index (χ0v) is 10.2. The van der Waals surface area contributed by atoms with E-state index in [4.69, 9.17) is 20.0 Å². The van der Waals surface area contributed by atoms with Crippen molar-refractivity contribution in [3.8, 4) is 0 Å². The molecule has 0 unspecified atom stereocenters. The van der Waals surface area contributed by atoms with Gasteiger partial charge in [0, 0.05) is 5.57 Å². The Balaban J connectivity index is 4.02. The van der Waals surface area contributed by atoms with E-state index in [0.717, 1.165) is 0 Å². The normalized spacial score (nSPS) is 12.5. The minimum atomic E-state index is -1.23. The number of aliphatic carboxylic acids is 2. The van der Waals surface area contributed by atoms with Crippen molar-refractivity contribution in [2.24, 2.45) is 0 Å². The van der Waals surface area contributed by atoms with E-state index >= 15 is 0 Å². The molecule has 17 heavy (non-hydrogen) atoms. The highest BCUT2D eigenvalue weighted by molar-refractivity contribution is 5.91. The predicted octanol–water partition coefficient (Wildman–Crippen LogP) is 1.61. The van der Waals surface area contributed by atoms with Crippen LogP contribution in [0.2, 0.25) is 0 Å². The Bertz CT molecular complexity index is 300. The van der Waals surface area contributed by atoms with Gasteiger partial charge in [0.15, 0.2) is 0 Å². The van der Waals surface area contributed by atoms with Crippen molar-refractivity contribution in [2.45, 2.75) is 39.2 Å². The molecule has 2 N–H and O–H groups in total. The maximum atomic E-state index is 10.7. The second-order valence-electron chi connectivity index (χ2n) is 4.41. The summed E-state index contributed by atoms with van der Waals surface area (Å²) in [5.41, 5.74) is -0.586. The third-order valence-electron chi connectivity index (χ3n) is 1.52. The molecule has 0 fully saturated rings. The lowest BCUT2D eigenvalue weighted by Gasteiger charge is -2.17. The Kier molecular flexibility index (Phi) is 6.45. The van der Waals surface area contributed by atoms with Crippen molar-refractivity contribution in [1.29, 1.82) is 0 Å². The van der Waals surface area contributed by atoms with Crippen LogP contribution in [0.1, 0.15) is 33.6 Å². The molecular formula is C11H18O6. The fraction of sp³-hybridized carbons (Fsp3) is 0.636. The van der Waals surface area contributed by atoms with Crippen LogP contribution in [-0.4, -0.2) is 34.4 Å². The van der Waals surface area contributed by atoms with Gasteiger partial charge < -0.3 is 10.2 Å². The minimum Gasteiger partial charge on any atom is -0.481 e. The van der Waals surface area contributed by atoms with Crippen LogP contribution in [0.4, 0.5) is 0 Å². The third kappa shape index (κ3) is 9.52. The van der Waals surface area contributed by atoms with E-state index in [1.165, 1.54) is 6.08 Å². The average Bonchev–Trinajstić information content (AvgIpc) is 2.12. The molecule has 0 aliphatic rings. The van der Waals surface area contributed by atoms with Gasteiger partial charge in [-0.25, -0.2) is 14.6 Å². The fourth-order valence-corrected chi connectivity index (χ4v) is 0.898. The monoisotopic (exact) mass is 246 g/mol. The number of carboxylic acid groups (broad SMARTS) is 2. The Labute approximate surface area is 99.8 Å². The molecule has 0 saturated carbocycles. The maximum absolute atomic E-state index is 10.7. The highest BCUT2D eigenvalue weighted by Crippen LogP contribution is 2.08. The van der Waals surface area contributed by atoms with Crippen molar-refractivity contribution in [2.75, 3.05) is 6.61 Å². The van der Waals surface area contributed by atoms with Crippen LogP contribution < -0.4 is 0 Å². The smallest absolute Gasteiger partial charge is 0.331 e. The molecule has 98 valence electrons. The van der Waals surface area contributed by atoms with Gasteiger partial charge in [0.25, 0.3) is 0 Å². The molecule has 0 atom stereocenters. The summed E-state index contributed by atoms with van der Waals surface area (Å²) in [4.78, 5) is 30.8. The molecule has 0 bridgehead atoms. The molecule has 0 aromatic carbocycles. The van der Waals surface area contributed by atoms with E-state index in [2.05, 4.69) is 0 Å². The summed E-state index contributed by atoms with van der Waals surface area (Å²) in [5, 5.41) is 17.2. The Hall–Kier alpha value is -1.40. The molecule has 0 aromatic heterocycles. The first-order chi connectivity index (χ1) is 7.72. The van der Waals surface area contributed by atoms with Gasteiger partial charge in [-0.15, -0.1) is 0 Å². The van der Waals surface area contributed by atoms with Crippen LogP contribution in [-0.2, 0) is 19.4 Å². The van der Waals surface area contributed by atoms with Crippen molar-refractivity contribution in [3.63, 3.8) is 0 Å². The summed E-state index contributed by atoms with van der Waals surface area (Å²) in [6.45, 7) is 5.62.